The zero-order chi connectivity index (χ0) is 68.1. The molecule has 0 aliphatic rings. The summed E-state index contributed by atoms with van der Waals surface area (Å²) in [6.45, 7) is -0.472. The predicted molar refractivity (Wildman–Crippen MR) is 256 cm³/mol. The van der Waals surface area contributed by atoms with Crippen molar-refractivity contribution in [2.45, 2.75) is 4.90 Å². The van der Waals surface area contributed by atoms with E-state index in [4.69, 9.17) is 14.2 Å². The Bertz CT molecular complexity index is 3410. The molecule has 90 heavy (non-hydrogen) atoms. The molecule has 0 aliphatic heterocycles. The minimum Gasteiger partial charge on any atom is -0.382 e. The largest absolute Gasteiger partial charge is 0.382 e. The van der Waals surface area contributed by atoms with E-state index in [2.05, 4.69) is 18.4 Å². The number of ether oxygens (including phenoxy) is 6. The number of hydrogen-bond donors (Lipinski definition) is 1. The van der Waals surface area contributed by atoms with E-state index in [9.17, 15) is 127 Å². The zero-order valence-electron chi connectivity index (χ0n) is 44.7. The molecule has 0 heterocycles. The van der Waals surface area contributed by atoms with E-state index in [0.29, 0.717) is 0 Å². The van der Waals surface area contributed by atoms with Crippen LogP contribution in [0.15, 0.2) is 4.90 Å². The summed E-state index contributed by atoms with van der Waals surface area (Å²) in [4.78, 5) is -1.18. The smallest absolute Gasteiger partial charge is 0.311 e. The van der Waals surface area contributed by atoms with Crippen LogP contribution in [0, 0.1) is 157 Å². The van der Waals surface area contributed by atoms with Crippen LogP contribution >= 0.6 is 11.8 Å². The third-order valence-corrected chi connectivity index (χ3v) is 13.2. The van der Waals surface area contributed by atoms with Gasteiger partial charge in [-0.2, -0.15) is 17.2 Å². The number of benzene rings is 6. The number of nitrogens with one attached hydrogen (secondary N) is 1. The predicted octanol–water partition coefficient (Wildman–Crippen LogP) is 14.0. The van der Waals surface area contributed by atoms with Crippen molar-refractivity contribution in [2.24, 2.45) is 0 Å². The Kier molecular flexibility index (Phi) is 27.6. The zero-order valence-corrected chi connectivity index (χ0v) is 46.3. The van der Waals surface area contributed by atoms with Gasteiger partial charge >= 0.3 is 10.1 Å². The topological polar surface area (TPSA) is 111 Å². The average molecular weight is 1380 g/mol. The molecule has 0 aromatic heterocycles. The van der Waals surface area contributed by atoms with Gasteiger partial charge in [0.25, 0.3) is 0 Å². The van der Waals surface area contributed by atoms with Crippen LogP contribution in [0.1, 0.15) is 0 Å². The molecule has 0 saturated heterocycles. The quantitative estimate of drug-likeness (QED) is 0.0148. The highest BCUT2D eigenvalue weighted by molar-refractivity contribution is 7.99. The highest BCUT2D eigenvalue weighted by Crippen LogP contribution is 2.43. The van der Waals surface area contributed by atoms with Crippen LogP contribution in [0.2, 0.25) is 0 Å². The molecule has 0 amide bonds. The molecule has 6 aromatic carbocycles. The SMILES string of the molecule is COCCOCCNc1c(F)c(F)c(-c2c(F)c(F)c(F)c(F)c2F)c(F)c1F.COCCOCCS(=O)(=O)Oc1c(F)c(F)c(-c2c(F)c(F)c(F)c(F)c2F)c(F)c1F.COCCOCCSc1c(F)c(F)c(-c2c(F)c(F)c(F)c(F)c2F)c(F)c1F. The normalized spacial score (nSPS) is 11.5. The number of anilines is 1. The Morgan fingerprint density at radius 2 is 0.556 bits per heavy atom. The van der Waals surface area contributed by atoms with Crippen molar-refractivity contribution in [1.29, 1.82) is 0 Å². The van der Waals surface area contributed by atoms with E-state index in [-0.39, 0.29) is 76.9 Å². The number of hydrogen-bond acceptors (Lipinski definition) is 11. The second-order valence-corrected chi connectivity index (χ2v) is 19.5. The molecule has 1 N–H and O–H groups in total. The average Bonchev–Trinajstić information content (AvgIpc) is 0.783. The number of halogens is 27. The monoisotopic (exact) mass is 1380 g/mol. The van der Waals surface area contributed by atoms with Gasteiger partial charge in [-0.25, -0.2) is 110 Å². The van der Waals surface area contributed by atoms with Crippen LogP contribution in [-0.4, -0.2) is 107 Å². The van der Waals surface area contributed by atoms with Crippen LogP contribution in [0.4, 0.5) is 124 Å². The first kappa shape index (κ1) is 75.5. The maximum Gasteiger partial charge on any atom is 0.311 e. The molecule has 0 aliphatic carbocycles. The van der Waals surface area contributed by atoms with Gasteiger partial charge in [0.2, 0.25) is 34.8 Å². The van der Waals surface area contributed by atoms with Gasteiger partial charge < -0.3 is 37.9 Å². The molecule has 0 radical (unpaired) electrons. The molecule has 10 nitrogen and oxygen atoms in total. The Morgan fingerprint density at radius 1 is 0.300 bits per heavy atom. The Hall–Kier alpha value is -6.91. The van der Waals surface area contributed by atoms with Gasteiger partial charge in [0.15, 0.2) is 128 Å². The second-order valence-electron chi connectivity index (χ2n) is 16.7. The maximum absolute atomic E-state index is 14.3. The molecular weight excluding hydrogens is 1350 g/mol. The number of methoxy groups -OCH3 is 3. The van der Waals surface area contributed by atoms with Gasteiger partial charge in [0.05, 0.1) is 97.7 Å². The van der Waals surface area contributed by atoms with Gasteiger partial charge in [0, 0.05) is 33.6 Å². The van der Waals surface area contributed by atoms with Crippen LogP contribution in [0.3, 0.4) is 0 Å². The molecule has 0 bridgehead atoms. The van der Waals surface area contributed by atoms with Crippen molar-refractivity contribution in [2.75, 3.05) is 104 Å². The van der Waals surface area contributed by atoms with E-state index in [1.165, 1.54) is 21.3 Å². The molecule has 0 atom stereocenters. The molecule has 6 rings (SSSR count). The first-order valence-corrected chi connectivity index (χ1v) is 26.3. The van der Waals surface area contributed by atoms with Crippen LogP contribution in [0.5, 0.6) is 5.75 Å². The van der Waals surface area contributed by atoms with E-state index in [0.717, 1.165) is 0 Å². The van der Waals surface area contributed by atoms with Gasteiger partial charge in [-0.05, 0) is 0 Å². The lowest BCUT2D eigenvalue weighted by Gasteiger charge is -2.15. The van der Waals surface area contributed by atoms with Crippen LogP contribution in [-0.2, 0) is 38.5 Å². The third-order valence-electron chi connectivity index (χ3n) is 11.1. The summed E-state index contributed by atoms with van der Waals surface area (Å²) in [5.41, 5.74) is -14.3. The molecule has 0 unspecified atom stereocenters. The summed E-state index contributed by atoms with van der Waals surface area (Å²) in [5.74, 6) is -71.0. The fourth-order valence-electron chi connectivity index (χ4n) is 6.85. The van der Waals surface area contributed by atoms with Crippen molar-refractivity contribution < 1.29 is 160 Å². The van der Waals surface area contributed by atoms with Crippen molar-refractivity contribution in [3.05, 3.63) is 157 Å². The minimum absolute atomic E-state index is 0.0692. The van der Waals surface area contributed by atoms with Gasteiger partial charge in [-0.15, -0.1) is 11.8 Å². The van der Waals surface area contributed by atoms with Gasteiger partial charge in [-0.1, -0.05) is 0 Å². The lowest BCUT2D eigenvalue weighted by atomic mass is 10.0. The summed E-state index contributed by atoms with van der Waals surface area (Å²) in [7, 11) is -0.801. The molecule has 0 fully saturated rings. The fraction of sp³-hybridized carbons (Fsp3) is 0.294. The van der Waals surface area contributed by atoms with Crippen LogP contribution < -0.4 is 9.50 Å². The van der Waals surface area contributed by atoms with E-state index in [1.54, 1.807) is 0 Å². The molecule has 0 saturated carbocycles. The third kappa shape index (κ3) is 16.4. The van der Waals surface area contributed by atoms with Gasteiger partial charge in [0.1, 0.15) is 11.4 Å². The molecule has 39 heteroatoms. The second kappa shape index (κ2) is 32.9. The first-order valence-electron chi connectivity index (χ1n) is 23.8. The van der Waals surface area contributed by atoms with Crippen LogP contribution in [0.25, 0.3) is 33.4 Å². The minimum atomic E-state index is -4.91. The number of rotatable bonds is 25. The summed E-state index contributed by atoms with van der Waals surface area (Å²) in [5, 5.41) is 1.99. The summed E-state index contributed by atoms with van der Waals surface area (Å²) >= 11 is 0.290. The molecule has 0 spiro atoms. The Labute approximate surface area is 491 Å². The van der Waals surface area contributed by atoms with E-state index < -0.39 is 229 Å². The summed E-state index contributed by atoms with van der Waals surface area (Å²) in [6, 6.07) is 0. The van der Waals surface area contributed by atoms with Crippen molar-refractivity contribution in [3.8, 4) is 39.1 Å². The van der Waals surface area contributed by atoms with Crippen molar-refractivity contribution in [3.63, 3.8) is 0 Å². The summed E-state index contributed by atoms with van der Waals surface area (Å²) in [6.07, 6.45) is 0. The highest BCUT2D eigenvalue weighted by atomic mass is 32.2. The van der Waals surface area contributed by atoms with E-state index in [1.807, 2.05) is 5.32 Å². The lowest BCUT2D eigenvalue weighted by Crippen LogP contribution is -2.21. The van der Waals surface area contributed by atoms with Crippen molar-refractivity contribution in [1.82, 2.24) is 0 Å². The molecular formula is C51H34F27NO9S2. The number of thioether (sulfide) groups is 1. The Morgan fingerprint density at radius 3 is 0.867 bits per heavy atom. The fourth-order valence-corrected chi connectivity index (χ4v) is 8.50. The summed E-state index contributed by atoms with van der Waals surface area (Å²) < 4.78 is 429. The van der Waals surface area contributed by atoms with Gasteiger partial charge in [-0.3, -0.25) is 0 Å². The maximum atomic E-state index is 14.3. The van der Waals surface area contributed by atoms with E-state index >= 15 is 0 Å². The Balaban J connectivity index is 0.000000289. The standard InChI is InChI=1S/C17H12F9NO2.C17H11F9O5S.C17H11F9O2S/c1-28-4-5-29-3-2-27-17-15(25)10(20)7(11(21)16(17)26)6-8(18)12(22)14(24)13(23)9(6)19;1-29-2-3-30-4-5-32(27,28)31-17-15(25)10(20)7(11(21)16(17)26)6-8(18)12(22)14(24)13(23)9(6)19;1-27-2-3-28-4-5-29-17-15(25)10(20)7(11(21)16(17)26)6-8(18)12(22)14(24)13(23)9(6)19/h27H,2-5H2,1H3;2-5H2,1H3;2-5H2,1H3. The molecule has 6 aromatic rings. The highest BCUT2D eigenvalue weighted by Gasteiger charge is 2.39. The van der Waals surface area contributed by atoms with Crippen molar-refractivity contribution >= 4 is 27.6 Å². The lowest BCUT2D eigenvalue weighted by molar-refractivity contribution is 0.0759. The first-order chi connectivity index (χ1) is 42.1. The molecule has 498 valence electrons.